The summed E-state index contributed by atoms with van der Waals surface area (Å²) in [6, 6.07) is 12.0. The fraction of sp³-hybridized carbons (Fsp3) is 0.200. The second kappa shape index (κ2) is 10.6. The molecule has 2 amide bonds. The van der Waals surface area contributed by atoms with Gasteiger partial charge in [0.1, 0.15) is 11.5 Å². The number of methoxy groups -OCH3 is 2. The van der Waals surface area contributed by atoms with Crippen molar-refractivity contribution in [2.45, 2.75) is 4.34 Å². The lowest BCUT2D eigenvalue weighted by Gasteiger charge is -2.16. The second-order valence-electron chi connectivity index (χ2n) is 6.03. The summed E-state index contributed by atoms with van der Waals surface area (Å²) in [5.74, 6) is 0.391. The van der Waals surface area contributed by atoms with Gasteiger partial charge in [-0.2, -0.15) is 0 Å². The number of anilines is 3. The van der Waals surface area contributed by atoms with Gasteiger partial charge >= 0.3 is 0 Å². The molecule has 0 spiro atoms. The standard InChI is InChI=1S/C20H21N5O4S2/c1-21-19-24-25-20(31-19)30-11-17(26)22-13-9-16(29-3)14(10-15(13)28-2)23-18(27)12-7-5-4-6-8-12/h4-10H,11H2,1-3H3,(H,21,24)(H,22,26)(H,23,27). The first-order chi connectivity index (χ1) is 15.0. The van der Waals surface area contributed by atoms with Crippen molar-refractivity contribution >= 4 is 51.4 Å². The second-order valence-corrected chi connectivity index (χ2v) is 8.23. The van der Waals surface area contributed by atoms with E-state index in [2.05, 4.69) is 26.1 Å². The highest BCUT2D eigenvalue weighted by Crippen LogP contribution is 2.37. The molecule has 162 valence electrons. The summed E-state index contributed by atoms with van der Waals surface area (Å²) in [6.07, 6.45) is 0. The lowest BCUT2D eigenvalue weighted by molar-refractivity contribution is -0.113. The van der Waals surface area contributed by atoms with Gasteiger partial charge in [0, 0.05) is 24.7 Å². The van der Waals surface area contributed by atoms with E-state index >= 15 is 0 Å². The molecule has 9 nitrogen and oxygen atoms in total. The maximum absolute atomic E-state index is 12.5. The number of hydrogen-bond donors (Lipinski definition) is 3. The molecule has 3 N–H and O–H groups in total. The number of thioether (sulfide) groups is 1. The van der Waals surface area contributed by atoms with E-state index in [1.165, 1.54) is 37.3 Å². The van der Waals surface area contributed by atoms with Crippen LogP contribution in [0.2, 0.25) is 0 Å². The predicted molar refractivity (Wildman–Crippen MR) is 123 cm³/mol. The van der Waals surface area contributed by atoms with Crippen LogP contribution in [0.3, 0.4) is 0 Å². The van der Waals surface area contributed by atoms with Crippen LogP contribution in [-0.4, -0.2) is 49.0 Å². The van der Waals surface area contributed by atoms with Crippen LogP contribution < -0.4 is 25.4 Å². The smallest absolute Gasteiger partial charge is 0.255 e. The zero-order valence-corrected chi connectivity index (χ0v) is 18.7. The van der Waals surface area contributed by atoms with Gasteiger partial charge in [0.05, 0.1) is 31.3 Å². The Bertz CT molecular complexity index is 1060. The quantitative estimate of drug-likeness (QED) is 0.416. The molecule has 2 aromatic carbocycles. The van der Waals surface area contributed by atoms with Gasteiger partial charge in [-0.1, -0.05) is 41.3 Å². The van der Waals surface area contributed by atoms with E-state index in [1.807, 2.05) is 6.07 Å². The maximum Gasteiger partial charge on any atom is 0.255 e. The highest BCUT2D eigenvalue weighted by atomic mass is 32.2. The minimum absolute atomic E-state index is 0.149. The van der Waals surface area contributed by atoms with E-state index in [1.54, 1.807) is 43.4 Å². The van der Waals surface area contributed by atoms with E-state index < -0.39 is 0 Å². The Hall–Kier alpha value is -3.31. The molecule has 0 saturated heterocycles. The Morgan fingerprint density at radius 2 is 1.65 bits per heavy atom. The normalized spacial score (nSPS) is 10.3. The van der Waals surface area contributed by atoms with Gasteiger partial charge in [-0.15, -0.1) is 10.2 Å². The molecule has 0 bridgehead atoms. The van der Waals surface area contributed by atoms with Crippen LogP contribution in [0, 0.1) is 0 Å². The molecular formula is C20H21N5O4S2. The Balaban J connectivity index is 1.71. The average molecular weight is 460 g/mol. The molecule has 0 fully saturated rings. The van der Waals surface area contributed by atoms with Crippen molar-refractivity contribution in [1.29, 1.82) is 0 Å². The first-order valence-electron chi connectivity index (χ1n) is 9.10. The molecule has 0 radical (unpaired) electrons. The average Bonchev–Trinajstić information content (AvgIpc) is 3.27. The van der Waals surface area contributed by atoms with Crippen molar-refractivity contribution in [3.8, 4) is 11.5 Å². The molecule has 3 rings (SSSR count). The van der Waals surface area contributed by atoms with Crippen molar-refractivity contribution in [2.24, 2.45) is 0 Å². The van der Waals surface area contributed by atoms with Gasteiger partial charge in [-0.3, -0.25) is 9.59 Å². The summed E-state index contributed by atoms with van der Waals surface area (Å²) in [4.78, 5) is 24.9. The number of amides is 2. The number of aromatic nitrogens is 2. The number of ether oxygens (including phenoxy) is 2. The SMILES string of the molecule is CNc1nnc(SCC(=O)Nc2cc(OC)c(NC(=O)c3ccccc3)cc2OC)s1. The molecule has 0 unspecified atom stereocenters. The largest absolute Gasteiger partial charge is 0.494 e. The van der Waals surface area contributed by atoms with Gasteiger partial charge < -0.3 is 25.4 Å². The van der Waals surface area contributed by atoms with Gasteiger partial charge in [-0.25, -0.2) is 0 Å². The number of nitrogens with one attached hydrogen (secondary N) is 3. The Morgan fingerprint density at radius 1 is 1.00 bits per heavy atom. The summed E-state index contributed by atoms with van der Waals surface area (Å²) < 4.78 is 11.5. The van der Waals surface area contributed by atoms with Gasteiger partial charge in [-0.05, 0) is 12.1 Å². The number of nitrogens with zero attached hydrogens (tertiary/aromatic N) is 2. The Kier molecular flexibility index (Phi) is 7.68. The summed E-state index contributed by atoms with van der Waals surface area (Å²) in [5.41, 5.74) is 1.36. The fourth-order valence-electron chi connectivity index (χ4n) is 2.56. The van der Waals surface area contributed by atoms with Crippen molar-refractivity contribution in [1.82, 2.24) is 10.2 Å². The monoisotopic (exact) mass is 459 g/mol. The number of benzene rings is 2. The number of rotatable bonds is 9. The zero-order chi connectivity index (χ0) is 22.2. The predicted octanol–water partition coefficient (Wildman–Crippen LogP) is 3.58. The lowest BCUT2D eigenvalue weighted by atomic mass is 10.2. The van der Waals surface area contributed by atoms with Gasteiger partial charge in [0.15, 0.2) is 4.34 Å². The number of hydrogen-bond acceptors (Lipinski definition) is 9. The van der Waals surface area contributed by atoms with E-state index in [0.717, 1.165) is 0 Å². The van der Waals surface area contributed by atoms with Crippen LogP contribution in [0.25, 0.3) is 0 Å². The number of carbonyl (C=O) groups excluding carboxylic acids is 2. The third-order valence-electron chi connectivity index (χ3n) is 4.03. The molecule has 0 aliphatic rings. The maximum atomic E-state index is 12.5. The van der Waals surface area contributed by atoms with Crippen LogP contribution in [0.1, 0.15) is 10.4 Å². The van der Waals surface area contributed by atoms with Crippen LogP contribution in [0.15, 0.2) is 46.8 Å². The molecule has 1 aromatic heterocycles. The van der Waals surface area contributed by atoms with Gasteiger partial charge in [0.2, 0.25) is 11.0 Å². The van der Waals surface area contributed by atoms with E-state index in [4.69, 9.17) is 9.47 Å². The minimum atomic E-state index is -0.285. The molecule has 3 aromatic rings. The first kappa shape index (κ1) is 22.4. The summed E-state index contributed by atoms with van der Waals surface area (Å²) in [5, 5.41) is 17.1. The molecule has 31 heavy (non-hydrogen) atoms. The molecule has 0 aliphatic carbocycles. The molecular weight excluding hydrogens is 438 g/mol. The van der Waals surface area contributed by atoms with E-state index in [-0.39, 0.29) is 17.6 Å². The summed E-state index contributed by atoms with van der Waals surface area (Å²) >= 11 is 2.65. The van der Waals surface area contributed by atoms with E-state index in [9.17, 15) is 9.59 Å². The van der Waals surface area contributed by atoms with Crippen LogP contribution in [0.5, 0.6) is 11.5 Å². The Morgan fingerprint density at radius 3 is 2.23 bits per heavy atom. The third kappa shape index (κ3) is 5.86. The minimum Gasteiger partial charge on any atom is -0.494 e. The van der Waals surface area contributed by atoms with Crippen molar-refractivity contribution in [2.75, 3.05) is 43.0 Å². The van der Waals surface area contributed by atoms with Crippen LogP contribution >= 0.6 is 23.1 Å². The summed E-state index contributed by atoms with van der Waals surface area (Å²) in [6.45, 7) is 0. The molecule has 11 heteroatoms. The highest BCUT2D eigenvalue weighted by molar-refractivity contribution is 8.01. The van der Waals surface area contributed by atoms with Crippen molar-refractivity contribution < 1.29 is 19.1 Å². The topological polar surface area (TPSA) is 114 Å². The molecule has 0 saturated carbocycles. The zero-order valence-electron chi connectivity index (χ0n) is 17.1. The molecule has 1 heterocycles. The highest BCUT2D eigenvalue weighted by Gasteiger charge is 2.16. The van der Waals surface area contributed by atoms with E-state index in [0.29, 0.717) is 37.9 Å². The van der Waals surface area contributed by atoms with Crippen LogP contribution in [-0.2, 0) is 4.79 Å². The van der Waals surface area contributed by atoms with Crippen molar-refractivity contribution in [3.63, 3.8) is 0 Å². The molecule has 0 aliphatic heterocycles. The van der Waals surface area contributed by atoms with Crippen LogP contribution in [0.4, 0.5) is 16.5 Å². The van der Waals surface area contributed by atoms with Crippen molar-refractivity contribution in [3.05, 3.63) is 48.0 Å². The summed E-state index contributed by atoms with van der Waals surface area (Å²) in [7, 11) is 4.72. The lowest BCUT2D eigenvalue weighted by Crippen LogP contribution is -2.16. The fourth-order valence-corrected chi connectivity index (χ4v) is 4.07. The third-order valence-corrected chi connectivity index (χ3v) is 6.10. The first-order valence-corrected chi connectivity index (χ1v) is 10.9. The number of carbonyl (C=O) groups is 2. The van der Waals surface area contributed by atoms with Gasteiger partial charge in [0.25, 0.3) is 5.91 Å². The molecule has 0 atom stereocenters. The Labute approximate surface area is 187 Å².